The van der Waals surface area contributed by atoms with Crippen LogP contribution in [-0.4, -0.2) is 37.0 Å². The molecule has 0 fully saturated rings. The zero-order valence-corrected chi connectivity index (χ0v) is 13.2. The van der Waals surface area contributed by atoms with E-state index in [2.05, 4.69) is 15.9 Å². The molecule has 4 nitrogen and oxygen atoms in total. The van der Waals surface area contributed by atoms with Gasteiger partial charge in [-0.15, -0.1) is 0 Å². The van der Waals surface area contributed by atoms with Crippen molar-refractivity contribution in [3.8, 4) is 0 Å². The molecule has 0 bridgehead atoms. The number of nitrogens with zero attached hydrogens (tertiary/aromatic N) is 1. The van der Waals surface area contributed by atoms with Crippen LogP contribution in [0.5, 0.6) is 0 Å². The molecule has 0 spiro atoms. The maximum Gasteiger partial charge on any atom is 0.307 e. The number of ether oxygens (including phenoxy) is 1. The van der Waals surface area contributed by atoms with Crippen LogP contribution in [0.1, 0.15) is 18.9 Å². The molecule has 0 aliphatic carbocycles. The molecule has 5 heteroatoms. The highest BCUT2D eigenvalue weighted by Crippen LogP contribution is 2.17. The van der Waals surface area contributed by atoms with E-state index in [1.165, 1.54) is 11.0 Å². The Bertz CT molecular complexity index is 500. The zero-order chi connectivity index (χ0) is 15.0. The summed E-state index contributed by atoms with van der Waals surface area (Å²) in [5, 5.41) is 0. The smallest absolute Gasteiger partial charge is 0.307 e. The van der Waals surface area contributed by atoms with Gasteiger partial charge < -0.3 is 9.64 Å². The summed E-state index contributed by atoms with van der Waals surface area (Å²) in [5.41, 5.74) is 0.930. The first-order valence-corrected chi connectivity index (χ1v) is 7.17. The minimum absolute atomic E-state index is 0.148. The summed E-state index contributed by atoms with van der Waals surface area (Å²) in [5.74, 6) is -0.438. The maximum absolute atomic E-state index is 11.9. The molecule has 0 N–H and O–H groups in total. The van der Waals surface area contributed by atoms with Crippen molar-refractivity contribution in [1.29, 1.82) is 0 Å². The molecule has 0 aromatic heterocycles. The first kappa shape index (κ1) is 16.4. The predicted molar refractivity (Wildman–Crippen MR) is 82.1 cm³/mol. The highest BCUT2D eigenvalue weighted by molar-refractivity contribution is 9.10. The van der Waals surface area contributed by atoms with Gasteiger partial charge in [-0.3, -0.25) is 9.59 Å². The number of carbonyl (C=O) groups is 2. The van der Waals surface area contributed by atoms with Crippen LogP contribution in [0.2, 0.25) is 0 Å². The van der Waals surface area contributed by atoms with Crippen LogP contribution in [0.4, 0.5) is 0 Å². The fourth-order valence-electron chi connectivity index (χ4n) is 1.50. The van der Waals surface area contributed by atoms with Gasteiger partial charge in [0.15, 0.2) is 0 Å². The van der Waals surface area contributed by atoms with Gasteiger partial charge in [0.1, 0.15) is 0 Å². The van der Waals surface area contributed by atoms with Crippen LogP contribution in [0.15, 0.2) is 34.8 Å². The summed E-state index contributed by atoms with van der Waals surface area (Å²) < 4.78 is 5.74. The SMILES string of the molecule is CCOC(=O)CCN(C)C(=O)C=Cc1ccccc1Br. The maximum atomic E-state index is 11.9. The van der Waals surface area contributed by atoms with Crippen LogP contribution in [0.25, 0.3) is 6.08 Å². The molecule has 1 rings (SSSR count). The first-order chi connectivity index (χ1) is 9.54. The van der Waals surface area contributed by atoms with Crippen LogP contribution >= 0.6 is 15.9 Å². The fraction of sp³-hybridized carbons (Fsp3) is 0.333. The van der Waals surface area contributed by atoms with Gasteiger partial charge in [0.2, 0.25) is 5.91 Å². The number of rotatable bonds is 6. The normalized spacial score (nSPS) is 10.6. The van der Waals surface area contributed by atoms with Crippen molar-refractivity contribution >= 4 is 33.9 Å². The third kappa shape index (κ3) is 5.57. The molecule has 20 heavy (non-hydrogen) atoms. The summed E-state index contributed by atoms with van der Waals surface area (Å²) in [6.07, 6.45) is 3.44. The standard InChI is InChI=1S/C15H18BrNO3/c1-3-20-15(19)10-11-17(2)14(18)9-8-12-6-4-5-7-13(12)16/h4-9H,3,10-11H2,1-2H3. The molecular weight excluding hydrogens is 322 g/mol. The van der Waals surface area contributed by atoms with E-state index < -0.39 is 0 Å². The lowest BCUT2D eigenvalue weighted by atomic mass is 10.2. The number of amides is 1. The molecule has 0 atom stereocenters. The molecular formula is C15H18BrNO3. The minimum Gasteiger partial charge on any atom is -0.466 e. The van der Waals surface area contributed by atoms with Gasteiger partial charge in [-0.25, -0.2) is 0 Å². The van der Waals surface area contributed by atoms with E-state index in [0.717, 1.165) is 10.0 Å². The van der Waals surface area contributed by atoms with Crippen molar-refractivity contribution in [1.82, 2.24) is 4.90 Å². The highest BCUT2D eigenvalue weighted by atomic mass is 79.9. The Morgan fingerprint density at radius 2 is 2.05 bits per heavy atom. The summed E-state index contributed by atoms with van der Waals surface area (Å²) in [6, 6.07) is 7.63. The summed E-state index contributed by atoms with van der Waals surface area (Å²) in [6.45, 7) is 2.46. The van der Waals surface area contributed by atoms with Gasteiger partial charge in [0, 0.05) is 24.1 Å². The molecule has 1 aromatic rings. The van der Waals surface area contributed by atoms with Gasteiger partial charge in [0.05, 0.1) is 13.0 Å². The molecule has 0 radical (unpaired) electrons. The van der Waals surface area contributed by atoms with Crippen molar-refractivity contribution in [2.45, 2.75) is 13.3 Å². The van der Waals surface area contributed by atoms with E-state index in [1.807, 2.05) is 24.3 Å². The van der Waals surface area contributed by atoms with E-state index in [0.29, 0.717) is 13.2 Å². The lowest BCUT2D eigenvalue weighted by molar-refractivity contribution is -0.143. The van der Waals surface area contributed by atoms with Crippen LogP contribution < -0.4 is 0 Å². The van der Waals surface area contributed by atoms with Gasteiger partial charge in [-0.1, -0.05) is 34.1 Å². The number of likely N-dealkylation sites (N-methyl/N-ethyl adjacent to an activating group) is 1. The number of hydrogen-bond acceptors (Lipinski definition) is 3. The van der Waals surface area contributed by atoms with Gasteiger partial charge in [-0.05, 0) is 24.6 Å². The van der Waals surface area contributed by atoms with E-state index in [-0.39, 0.29) is 18.3 Å². The zero-order valence-electron chi connectivity index (χ0n) is 11.6. The number of hydrogen-bond donors (Lipinski definition) is 0. The van der Waals surface area contributed by atoms with E-state index in [4.69, 9.17) is 4.74 Å². The van der Waals surface area contributed by atoms with E-state index in [9.17, 15) is 9.59 Å². The van der Waals surface area contributed by atoms with Gasteiger partial charge >= 0.3 is 5.97 Å². The molecule has 0 heterocycles. The van der Waals surface area contributed by atoms with Gasteiger partial charge in [-0.2, -0.15) is 0 Å². The Kier molecular flexibility index (Phi) is 7.01. The fourth-order valence-corrected chi connectivity index (χ4v) is 1.92. The predicted octanol–water partition coefficient (Wildman–Crippen LogP) is 2.87. The summed E-state index contributed by atoms with van der Waals surface area (Å²) in [4.78, 5) is 24.6. The third-order valence-electron chi connectivity index (χ3n) is 2.64. The molecule has 0 aliphatic heterocycles. The highest BCUT2D eigenvalue weighted by Gasteiger charge is 2.08. The van der Waals surface area contributed by atoms with Crippen molar-refractivity contribution < 1.29 is 14.3 Å². The van der Waals surface area contributed by atoms with Crippen molar-refractivity contribution in [3.63, 3.8) is 0 Å². The van der Waals surface area contributed by atoms with Crippen molar-refractivity contribution in [3.05, 3.63) is 40.4 Å². The quantitative estimate of drug-likeness (QED) is 0.591. The second-order valence-corrected chi connectivity index (χ2v) is 5.02. The summed E-state index contributed by atoms with van der Waals surface area (Å²) in [7, 11) is 1.66. The summed E-state index contributed by atoms with van der Waals surface area (Å²) >= 11 is 3.41. The van der Waals surface area contributed by atoms with Crippen LogP contribution in [0.3, 0.4) is 0 Å². The second-order valence-electron chi connectivity index (χ2n) is 4.17. The monoisotopic (exact) mass is 339 g/mol. The van der Waals surface area contributed by atoms with Gasteiger partial charge in [0.25, 0.3) is 0 Å². The molecule has 1 aromatic carbocycles. The number of halogens is 1. The van der Waals surface area contributed by atoms with Crippen molar-refractivity contribution in [2.24, 2.45) is 0 Å². The topological polar surface area (TPSA) is 46.6 Å². The number of esters is 1. The first-order valence-electron chi connectivity index (χ1n) is 6.38. The lowest BCUT2D eigenvalue weighted by Gasteiger charge is -2.14. The molecule has 0 saturated carbocycles. The molecule has 0 aliphatic rings. The molecule has 1 amide bonds. The Labute approximate surface area is 127 Å². The Hall–Kier alpha value is -1.62. The van der Waals surface area contributed by atoms with Crippen molar-refractivity contribution in [2.75, 3.05) is 20.2 Å². The molecule has 0 unspecified atom stereocenters. The van der Waals surface area contributed by atoms with Crippen LogP contribution in [0, 0.1) is 0 Å². The van der Waals surface area contributed by atoms with Crippen LogP contribution in [-0.2, 0) is 14.3 Å². The minimum atomic E-state index is -0.290. The second kappa shape index (κ2) is 8.53. The lowest BCUT2D eigenvalue weighted by Crippen LogP contribution is -2.27. The van der Waals surface area contributed by atoms with E-state index >= 15 is 0 Å². The van der Waals surface area contributed by atoms with E-state index in [1.54, 1.807) is 20.0 Å². The molecule has 108 valence electrons. The number of carbonyl (C=O) groups excluding carboxylic acids is 2. The molecule has 0 saturated heterocycles. The Balaban J connectivity index is 2.50. The average molecular weight is 340 g/mol. The Morgan fingerprint density at radius 3 is 2.70 bits per heavy atom. The average Bonchev–Trinajstić information content (AvgIpc) is 2.44. The Morgan fingerprint density at radius 1 is 1.35 bits per heavy atom. The largest absolute Gasteiger partial charge is 0.466 e. The third-order valence-corrected chi connectivity index (χ3v) is 3.37. The number of benzene rings is 1.